The number of anilines is 2. The molecule has 2 amide bonds. The Morgan fingerprint density at radius 1 is 1.00 bits per heavy atom. The number of hydrogen-bond acceptors (Lipinski definition) is 6. The summed E-state index contributed by atoms with van der Waals surface area (Å²) in [6.07, 6.45) is 3.74. The van der Waals surface area contributed by atoms with Gasteiger partial charge in [-0.15, -0.1) is 0 Å². The number of benzene rings is 2. The SMILES string of the molecule is O=C(CNc1ccccc1C(=O)NCC1CCCO1)Nc1ccc(S(=O)(=O)N2CCCC2)cc1. The summed E-state index contributed by atoms with van der Waals surface area (Å²) in [5, 5.41) is 8.64. The molecule has 2 aliphatic rings. The standard InChI is InChI=1S/C24H30N4O5S/c29-23(27-18-9-11-20(12-10-18)34(31,32)28-13-3-4-14-28)17-25-22-8-2-1-7-21(22)24(30)26-16-19-6-5-15-33-19/h1-2,7-12,19,25H,3-6,13-17H2,(H,26,30)(H,27,29). The number of rotatable bonds is 9. The van der Waals surface area contributed by atoms with E-state index in [1.807, 2.05) is 0 Å². The number of hydrogen-bond donors (Lipinski definition) is 3. The minimum Gasteiger partial charge on any atom is -0.376 e. The molecule has 9 nitrogen and oxygen atoms in total. The van der Waals surface area contributed by atoms with Gasteiger partial charge in [-0.3, -0.25) is 9.59 Å². The van der Waals surface area contributed by atoms with Gasteiger partial charge >= 0.3 is 0 Å². The van der Waals surface area contributed by atoms with E-state index in [9.17, 15) is 18.0 Å². The van der Waals surface area contributed by atoms with E-state index in [1.54, 1.807) is 36.4 Å². The van der Waals surface area contributed by atoms with Crippen molar-refractivity contribution in [1.82, 2.24) is 9.62 Å². The molecule has 0 radical (unpaired) electrons. The van der Waals surface area contributed by atoms with E-state index in [1.165, 1.54) is 16.4 Å². The van der Waals surface area contributed by atoms with E-state index in [0.717, 1.165) is 32.3 Å². The van der Waals surface area contributed by atoms with Gasteiger partial charge in [-0.2, -0.15) is 4.31 Å². The van der Waals surface area contributed by atoms with Crippen molar-refractivity contribution in [2.24, 2.45) is 0 Å². The highest BCUT2D eigenvalue weighted by atomic mass is 32.2. The highest BCUT2D eigenvalue weighted by Gasteiger charge is 2.27. The van der Waals surface area contributed by atoms with Gasteiger partial charge in [0.15, 0.2) is 0 Å². The normalized spacial score (nSPS) is 18.5. The van der Waals surface area contributed by atoms with Crippen LogP contribution >= 0.6 is 0 Å². The number of nitrogens with zero attached hydrogens (tertiary/aromatic N) is 1. The number of carbonyl (C=O) groups is 2. The van der Waals surface area contributed by atoms with Crippen LogP contribution < -0.4 is 16.0 Å². The summed E-state index contributed by atoms with van der Waals surface area (Å²) in [5.41, 5.74) is 1.49. The second kappa shape index (κ2) is 11.0. The quantitative estimate of drug-likeness (QED) is 0.501. The largest absolute Gasteiger partial charge is 0.376 e. The van der Waals surface area contributed by atoms with Crippen molar-refractivity contribution in [3.8, 4) is 0 Å². The molecule has 4 rings (SSSR count). The van der Waals surface area contributed by atoms with E-state index < -0.39 is 10.0 Å². The zero-order valence-corrected chi connectivity index (χ0v) is 19.8. The Morgan fingerprint density at radius 2 is 1.74 bits per heavy atom. The molecule has 0 aromatic heterocycles. The van der Waals surface area contributed by atoms with Crippen LogP contribution in [0.15, 0.2) is 53.4 Å². The van der Waals surface area contributed by atoms with E-state index >= 15 is 0 Å². The average molecular weight is 487 g/mol. The van der Waals surface area contributed by atoms with Gasteiger partial charge in [0.25, 0.3) is 5.91 Å². The van der Waals surface area contributed by atoms with E-state index in [-0.39, 0.29) is 29.4 Å². The third-order valence-electron chi connectivity index (χ3n) is 5.97. The Labute approximate surface area is 199 Å². The zero-order valence-electron chi connectivity index (χ0n) is 19.0. The maximum atomic E-state index is 12.6. The van der Waals surface area contributed by atoms with Crippen LogP contribution in [0, 0.1) is 0 Å². The van der Waals surface area contributed by atoms with Gasteiger partial charge in [-0.1, -0.05) is 12.1 Å². The van der Waals surface area contributed by atoms with Crippen molar-refractivity contribution in [3.63, 3.8) is 0 Å². The van der Waals surface area contributed by atoms with Crippen LogP contribution in [-0.2, 0) is 19.6 Å². The average Bonchev–Trinajstić information content (AvgIpc) is 3.57. The molecule has 0 bridgehead atoms. The minimum atomic E-state index is -3.49. The molecule has 0 spiro atoms. The lowest BCUT2D eigenvalue weighted by Gasteiger charge is -2.16. The summed E-state index contributed by atoms with van der Waals surface area (Å²) in [7, 11) is -3.49. The van der Waals surface area contributed by atoms with Crippen LogP contribution in [0.3, 0.4) is 0 Å². The Kier molecular flexibility index (Phi) is 7.81. The molecule has 1 atom stereocenters. The first-order valence-electron chi connectivity index (χ1n) is 11.6. The van der Waals surface area contributed by atoms with Crippen molar-refractivity contribution in [2.45, 2.75) is 36.7 Å². The molecule has 0 saturated carbocycles. The molecule has 1 unspecified atom stereocenters. The Balaban J connectivity index is 1.30. The fraction of sp³-hybridized carbons (Fsp3) is 0.417. The van der Waals surface area contributed by atoms with Gasteiger partial charge in [-0.05, 0) is 62.1 Å². The van der Waals surface area contributed by atoms with Crippen molar-refractivity contribution < 1.29 is 22.7 Å². The molecule has 2 aliphatic heterocycles. The molecule has 0 aliphatic carbocycles. The van der Waals surface area contributed by atoms with E-state index in [2.05, 4.69) is 16.0 Å². The third-order valence-corrected chi connectivity index (χ3v) is 7.88. The zero-order chi connectivity index (χ0) is 24.0. The second-order valence-electron chi connectivity index (χ2n) is 8.43. The summed E-state index contributed by atoms with van der Waals surface area (Å²) in [6.45, 7) is 2.21. The van der Waals surface area contributed by atoms with E-state index in [0.29, 0.717) is 36.6 Å². The van der Waals surface area contributed by atoms with Crippen molar-refractivity contribution >= 4 is 33.2 Å². The maximum Gasteiger partial charge on any atom is 0.253 e. The monoisotopic (exact) mass is 486 g/mol. The number of sulfonamides is 1. The van der Waals surface area contributed by atoms with Gasteiger partial charge in [0.1, 0.15) is 0 Å². The van der Waals surface area contributed by atoms with Crippen LogP contribution in [-0.4, -0.2) is 63.4 Å². The van der Waals surface area contributed by atoms with Crippen molar-refractivity contribution in [3.05, 3.63) is 54.1 Å². The number of ether oxygens (including phenoxy) is 1. The lowest BCUT2D eigenvalue weighted by Crippen LogP contribution is -2.32. The van der Waals surface area contributed by atoms with Gasteiger partial charge in [0, 0.05) is 37.6 Å². The Hall–Kier alpha value is -2.95. The molecule has 2 heterocycles. The predicted octanol–water partition coefficient (Wildman–Crippen LogP) is 2.43. The summed E-state index contributed by atoms with van der Waals surface area (Å²) < 4.78 is 32.3. The van der Waals surface area contributed by atoms with E-state index in [4.69, 9.17) is 4.74 Å². The fourth-order valence-electron chi connectivity index (χ4n) is 4.11. The fourth-order valence-corrected chi connectivity index (χ4v) is 5.63. The maximum absolute atomic E-state index is 12.6. The number of para-hydroxylation sites is 1. The summed E-state index contributed by atoms with van der Waals surface area (Å²) in [5.74, 6) is -0.543. The molecule has 10 heteroatoms. The summed E-state index contributed by atoms with van der Waals surface area (Å²) in [6, 6.07) is 13.2. The molecule has 182 valence electrons. The first kappa shape index (κ1) is 24.2. The Morgan fingerprint density at radius 3 is 2.44 bits per heavy atom. The first-order valence-corrected chi connectivity index (χ1v) is 13.0. The van der Waals surface area contributed by atoms with Gasteiger partial charge in [0.05, 0.1) is 23.1 Å². The van der Waals surface area contributed by atoms with Crippen LogP contribution in [0.25, 0.3) is 0 Å². The molecule has 2 fully saturated rings. The number of carbonyl (C=O) groups excluding carboxylic acids is 2. The van der Waals surface area contributed by atoms with Crippen LogP contribution in [0.4, 0.5) is 11.4 Å². The smallest absolute Gasteiger partial charge is 0.253 e. The highest BCUT2D eigenvalue weighted by molar-refractivity contribution is 7.89. The lowest BCUT2D eigenvalue weighted by molar-refractivity contribution is -0.114. The molecular weight excluding hydrogens is 456 g/mol. The van der Waals surface area contributed by atoms with Crippen LogP contribution in [0.2, 0.25) is 0 Å². The molecule has 2 aromatic rings. The number of amides is 2. The highest BCUT2D eigenvalue weighted by Crippen LogP contribution is 2.22. The van der Waals surface area contributed by atoms with Gasteiger partial charge in [-0.25, -0.2) is 8.42 Å². The molecule has 2 aromatic carbocycles. The topological polar surface area (TPSA) is 117 Å². The summed E-state index contributed by atoms with van der Waals surface area (Å²) in [4.78, 5) is 25.3. The van der Waals surface area contributed by atoms with Crippen LogP contribution in [0.1, 0.15) is 36.0 Å². The van der Waals surface area contributed by atoms with Crippen LogP contribution in [0.5, 0.6) is 0 Å². The predicted molar refractivity (Wildman–Crippen MR) is 129 cm³/mol. The van der Waals surface area contributed by atoms with Gasteiger partial charge < -0.3 is 20.7 Å². The Bertz CT molecular complexity index is 1110. The molecule has 2 saturated heterocycles. The van der Waals surface area contributed by atoms with Gasteiger partial charge in [0.2, 0.25) is 15.9 Å². The minimum absolute atomic E-state index is 0.0478. The molecule has 3 N–H and O–H groups in total. The molecular formula is C24H30N4O5S. The lowest BCUT2D eigenvalue weighted by atomic mass is 10.1. The van der Waals surface area contributed by atoms with Crippen molar-refractivity contribution in [2.75, 3.05) is 43.4 Å². The molecule has 34 heavy (non-hydrogen) atoms. The second-order valence-corrected chi connectivity index (χ2v) is 10.4. The first-order chi connectivity index (χ1) is 16.4. The van der Waals surface area contributed by atoms with Crippen molar-refractivity contribution in [1.29, 1.82) is 0 Å². The third kappa shape index (κ3) is 5.94. The summed E-state index contributed by atoms with van der Waals surface area (Å²) >= 11 is 0. The number of nitrogens with one attached hydrogen (secondary N) is 3.